The number of anilines is 1. The number of benzene rings is 3. The third-order valence-corrected chi connectivity index (χ3v) is 6.95. The summed E-state index contributed by atoms with van der Waals surface area (Å²) >= 11 is 5.87. The number of rotatable bonds is 6. The largest absolute Gasteiger partial charge is 0.457 e. The molecular weight excluding hydrogens is 495 g/mol. The van der Waals surface area contributed by atoms with E-state index in [2.05, 4.69) is 15.2 Å². The second kappa shape index (κ2) is 10.1. The molecule has 1 aliphatic rings. The van der Waals surface area contributed by atoms with Crippen LogP contribution in [0.5, 0.6) is 11.5 Å². The monoisotopic (exact) mass is 520 g/mol. The minimum Gasteiger partial charge on any atom is -0.457 e. The molecule has 0 unspecified atom stereocenters. The predicted molar refractivity (Wildman–Crippen MR) is 151 cm³/mol. The van der Waals surface area contributed by atoms with Crippen molar-refractivity contribution in [2.75, 3.05) is 4.90 Å². The lowest BCUT2D eigenvalue weighted by Crippen LogP contribution is -2.30. The Hall–Kier alpha value is -4.49. The van der Waals surface area contributed by atoms with Gasteiger partial charge in [-0.1, -0.05) is 29.8 Å². The summed E-state index contributed by atoms with van der Waals surface area (Å²) < 4.78 is 22.2. The number of halogens is 1. The van der Waals surface area contributed by atoms with Crippen molar-refractivity contribution in [3.05, 3.63) is 138 Å². The Morgan fingerprint density at radius 2 is 1.61 bits per heavy atom. The Balaban J connectivity index is 1.39. The summed E-state index contributed by atoms with van der Waals surface area (Å²) in [5, 5.41) is 4.07. The average molecular weight is 521 g/mol. The highest BCUT2D eigenvalue weighted by molar-refractivity contribution is 7.80. The molecule has 1 fully saturated rings. The van der Waals surface area contributed by atoms with Gasteiger partial charge in [-0.3, -0.25) is 4.98 Å². The zero-order chi connectivity index (χ0) is 26.1. The van der Waals surface area contributed by atoms with Gasteiger partial charge in [0.2, 0.25) is 0 Å². The number of hydrogen-bond acceptors (Lipinski definition) is 3. The minimum absolute atomic E-state index is 0.214. The molecule has 2 aromatic heterocycles. The molecule has 0 amide bonds. The zero-order valence-corrected chi connectivity index (χ0v) is 21.5. The summed E-state index contributed by atoms with van der Waals surface area (Å²) in [5.74, 6) is 1.23. The highest BCUT2D eigenvalue weighted by atomic mass is 32.1. The van der Waals surface area contributed by atoms with E-state index in [9.17, 15) is 4.39 Å². The maximum atomic E-state index is 14.1. The molecule has 0 spiro atoms. The second-order valence-corrected chi connectivity index (χ2v) is 9.58. The quantitative estimate of drug-likeness (QED) is 0.238. The van der Waals surface area contributed by atoms with Crippen LogP contribution in [0.25, 0.3) is 5.69 Å². The molecule has 0 saturated carbocycles. The molecular formula is C31H25FN4OS. The maximum absolute atomic E-state index is 14.1. The van der Waals surface area contributed by atoms with Gasteiger partial charge in [-0.2, -0.15) is 0 Å². The van der Waals surface area contributed by atoms with Gasteiger partial charge in [0.15, 0.2) is 5.11 Å². The first-order valence-electron chi connectivity index (χ1n) is 12.4. The van der Waals surface area contributed by atoms with Crippen LogP contribution < -0.4 is 15.0 Å². The van der Waals surface area contributed by atoms with Crippen LogP contribution in [0.1, 0.15) is 29.0 Å². The van der Waals surface area contributed by atoms with Gasteiger partial charge < -0.3 is 19.5 Å². The summed E-state index contributed by atoms with van der Waals surface area (Å²) in [6.07, 6.45) is 3.72. The summed E-state index contributed by atoms with van der Waals surface area (Å²) in [4.78, 5) is 6.72. The van der Waals surface area contributed by atoms with E-state index >= 15 is 0 Å². The smallest absolute Gasteiger partial charge is 0.174 e. The van der Waals surface area contributed by atoms with Crippen LogP contribution in [0.2, 0.25) is 0 Å². The van der Waals surface area contributed by atoms with Crippen LogP contribution in [-0.2, 0) is 0 Å². The summed E-state index contributed by atoms with van der Waals surface area (Å²) in [7, 11) is 0. The van der Waals surface area contributed by atoms with Crippen LogP contribution in [0.15, 0.2) is 116 Å². The van der Waals surface area contributed by atoms with Crippen molar-refractivity contribution in [3.63, 3.8) is 0 Å². The number of nitrogens with zero attached hydrogens (tertiary/aromatic N) is 3. The van der Waals surface area contributed by atoms with Crippen molar-refractivity contribution in [3.8, 4) is 17.2 Å². The number of hydrogen-bond donors (Lipinski definition) is 1. The average Bonchev–Trinajstić information content (AvgIpc) is 3.55. The third kappa shape index (κ3) is 4.64. The minimum atomic E-state index is -0.287. The number of ether oxygens (including phenoxy) is 1. The van der Waals surface area contributed by atoms with Crippen molar-refractivity contribution in [2.24, 2.45) is 0 Å². The maximum Gasteiger partial charge on any atom is 0.174 e. The van der Waals surface area contributed by atoms with Gasteiger partial charge in [-0.15, -0.1) is 0 Å². The molecule has 1 saturated heterocycles. The molecule has 6 rings (SSSR count). The van der Waals surface area contributed by atoms with E-state index < -0.39 is 0 Å². The Labute approximate surface area is 226 Å². The van der Waals surface area contributed by atoms with E-state index in [1.807, 2.05) is 103 Å². The van der Waals surface area contributed by atoms with E-state index in [-0.39, 0.29) is 17.9 Å². The first-order valence-corrected chi connectivity index (χ1v) is 12.8. The molecule has 0 radical (unpaired) electrons. The first kappa shape index (κ1) is 23.9. The van der Waals surface area contributed by atoms with Crippen molar-refractivity contribution < 1.29 is 9.13 Å². The lowest BCUT2D eigenvalue weighted by molar-refractivity contribution is 0.482. The summed E-state index contributed by atoms with van der Waals surface area (Å²) in [6, 6.07) is 31.8. The van der Waals surface area contributed by atoms with Gasteiger partial charge in [0.25, 0.3) is 0 Å². The van der Waals surface area contributed by atoms with Crippen LogP contribution in [0.3, 0.4) is 0 Å². The lowest BCUT2D eigenvalue weighted by atomic mass is 10.0. The first-order chi connectivity index (χ1) is 18.6. The van der Waals surface area contributed by atoms with E-state index in [0.29, 0.717) is 5.11 Å². The fraction of sp³-hybridized carbons (Fsp3) is 0.0968. The standard InChI is InChI=1S/C31H25FN4OS/c1-21-10-14-25(15-11-21)37-26-16-12-23(13-17-26)36-30(29(34-31(36)38)27-8-2-3-18-33-27)28-9-5-19-35(28)24-7-4-6-22(32)20-24/h2-20,29-30H,1H3,(H,34,38)/t29-,30-/m1/s1. The van der Waals surface area contributed by atoms with Gasteiger partial charge in [-0.05, 0) is 98.0 Å². The molecule has 7 heteroatoms. The molecule has 3 heterocycles. The number of thiocarbonyl (C=S) groups is 1. The molecule has 0 aliphatic carbocycles. The van der Waals surface area contributed by atoms with Crippen LogP contribution >= 0.6 is 12.2 Å². The summed E-state index contributed by atoms with van der Waals surface area (Å²) in [5.41, 5.74) is 4.66. The fourth-order valence-electron chi connectivity index (χ4n) is 4.85. The number of nitrogens with one attached hydrogen (secondary N) is 1. The second-order valence-electron chi connectivity index (χ2n) is 9.19. The van der Waals surface area contributed by atoms with E-state index in [4.69, 9.17) is 17.0 Å². The van der Waals surface area contributed by atoms with Crippen molar-refractivity contribution in [1.82, 2.24) is 14.9 Å². The molecule has 188 valence electrons. The van der Waals surface area contributed by atoms with E-state index in [1.165, 1.54) is 17.7 Å². The Morgan fingerprint density at radius 1 is 0.842 bits per heavy atom. The number of aromatic nitrogens is 2. The number of aryl methyl sites for hydroxylation is 1. The van der Waals surface area contributed by atoms with E-state index in [0.717, 1.165) is 34.3 Å². The fourth-order valence-corrected chi connectivity index (χ4v) is 5.19. The molecule has 5 aromatic rings. The van der Waals surface area contributed by atoms with Gasteiger partial charge in [0, 0.05) is 29.5 Å². The summed E-state index contributed by atoms with van der Waals surface area (Å²) in [6.45, 7) is 2.05. The Morgan fingerprint density at radius 3 is 2.32 bits per heavy atom. The molecule has 2 atom stereocenters. The van der Waals surface area contributed by atoms with Crippen LogP contribution in [0.4, 0.5) is 10.1 Å². The molecule has 1 aliphatic heterocycles. The SMILES string of the molecule is Cc1ccc(Oc2ccc(N3C(=S)N[C@H](c4ccccn4)[C@H]3c3cccn3-c3cccc(F)c3)cc2)cc1. The molecule has 38 heavy (non-hydrogen) atoms. The van der Waals surface area contributed by atoms with Gasteiger partial charge in [0.1, 0.15) is 23.4 Å². The molecule has 1 N–H and O–H groups in total. The highest BCUT2D eigenvalue weighted by Gasteiger charge is 2.42. The molecule has 3 aromatic carbocycles. The predicted octanol–water partition coefficient (Wildman–Crippen LogP) is 7.29. The lowest BCUT2D eigenvalue weighted by Gasteiger charge is -2.29. The van der Waals surface area contributed by atoms with Crippen LogP contribution in [0, 0.1) is 12.7 Å². The van der Waals surface area contributed by atoms with Crippen LogP contribution in [-0.4, -0.2) is 14.7 Å². The van der Waals surface area contributed by atoms with Gasteiger partial charge in [-0.25, -0.2) is 4.39 Å². The Bertz CT molecular complexity index is 1570. The third-order valence-electron chi connectivity index (χ3n) is 6.64. The molecule has 0 bridgehead atoms. The highest BCUT2D eigenvalue weighted by Crippen LogP contribution is 2.42. The van der Waals surface area contributed by atoms with Crippen molar-refractivity contribution in [2.45, 2.75) is 19.0 Å². The van der Waals surface area contributed by atoms with Crippen molar-refractivity contribution in [1.29, 1.82) is 0 Å². The molecule has 5 nitrogen and oxygen atoms in total. The van der Waals surface area contributed by atoms with Crippen molar-refractivity contribution >= 4 is 23.0 Å². The van der Waals surface area contributed by atoms with Gasteiger partial charge >= 0.3 is 0 Å². The number of pyridine rings is 1. The Kier molecular flexibility index (Phi) is 6.35. The van der Waals surface area contributed by atoms with E-state index in [1.54, 1.807) is 12.3 Å². The topological polar surface area (TPSA) is 42.3 Å². The normalized spacial score (nSPS) is 16.9. The zero-order valence-electron chi connectivity index (χ0n) is 20.7. The van der Waals surface area contributed by atoms with Gasteiger partial charge in [0.05, 0.1) is 11.7 Å².